The van der Waals surface area contributed by atoms with Gasteiger partial charge in [0.1, 0.15) is 0 Å². The molecule has 14 rings (SSSR count). The van der Waals surface area contributed by atoms with Gasteiger partial charge in [-0.3, -0.25) is 19.9 Å². The van der Waals surface area contributed by atoms with E-state index in [1.165, 1.54) is 21.5 Å². The predicted octanol–water partition coefficient (Wildman–Crippen LogP) is 17.1. The fraction of sp³-hybridized carbons (Fsp3) is 0. The highest BCUT2D eigenvalue weighted by molar-refractivity contribution is 6.28. The molecular weight excluding hydrogens is 901 g/mol. The van der Waals surface area contributed by atoms with Crippen molar-refractivity contribution in [3.05, 3.63) is 268 Å². The molecule has 0 aliphatic carbocycles. The number of rotatable bonds is 9. The molecule has 0 atom stereocenters. The zero-order chi connectivity index (χ0) is 49.0. The Hall–Kier alpha value is -10.0. The molecule has 0 spiro atoms. The van der Waals surface area contributed by atoms with Crippen LogP contribution in [-0.2, 0) is 0 Å². The second-order valence-electron chi connectivity index (χ2n) is 18.8. The molecule has 0 saturated heterocycles. The van der Waals surface area contributed by atoms with E-state index in [1.807, 2.05) is 73.8 Å². The van der Waals surface area contributed by atoms with Gasteiger partial charge in [-0.2, -0.15) is 0 Å². The summed E-state index contributed by atoms with van der Waals surface area (Å²) in [6, 6.07) is 79.2. The summed E-state index contributed by atoms with van der Waals surface area (Å²) in [6.07, 6.45) is 15.0. The Bertz CT molecular complexity index is 4260. The van der Waals surface area contributed by atoms with Crippen LogP contribution in [0.1, 0.15) is 0 Å². The number of aromatic nitrogens is 6. The number of benzene rings is 8. The molecule has 14 aromatic rings. The quantitative estimate of drug-likeness (QED) is 0.145. The first-order chi connectivity index (χ1) is 36.7. The lowest BCUT2D eigenvalue weighted by Gasteiger charge is -2.16. The molecule has 0 amide bonds. The standard InChI is InChI=1S/C68H44N6/c1-3-17-58(18-4-1)73-64-23-9-7-21-60(64)63-40-62(66-61-22-8-10-24-65(61)74(68(66)67(63)73)59-19-5-2-6-20-59)53-36-51(47-13-11-15-49(33-47)56-38-54(41-71-43-56)45-25-29-69-30-26-45)35-52(37-53)48-14-12-16-50(34-48)57-39-55(42-72-44-57)46-27-31-70-32-28-46/h1-44H. The molecule has 6 heterocycles. The molecule has 0 radical (unpaired) electrons. The molecule has 0 aliphatic rings. The molecule has 0 N–H and O–H groups in total. The van der Waals surface area contributed by atoms with Gasteiger partial charge in [0.25, 0.3) is 0 Å². The zero-order valence-electron chi connectivity index (χ0n) is 40.1. The number of hydrogen-bond acceptors (Lipinski definition) is 4. The maximum absolute atomic E-state index is 4.72. The fourth-order valence-corrected chi connectivity index (χ4v) is 11.0. The van der Waals surface area contributed by atoms with E-state index >= 15 is 0 Å². The van der Waals surface area contributed by atoms with Crippen molar-refractivity contribution in [3.8, 4) is 89.3 Å². The molecule has 0 fully saturated rings. The molecule has 74 heavy (non-hydrogen) atoms. The Morgan fingerprint density at radius 2 is 0.635 bits per heavy atom. The van der Waals surface area contributed by atoms with Gasteiger partial charge < -0.3 is 9.13 Å². The van der Waals surface area contributed by atoms with Crippen molar-refractivity contribution in [3.63, 3.8) is 0 Å². The Morgan fingerprint density at radius 1 is 0.243 bits per heavy atom. The van der Waals surface area contributed by atoms with Crippen molar-refractivity contribution in [2.24, 2.45) is 0 Å². The maximum atomic E-state index is 4.72. The third kappa shape index (κ3) is 7.44. The van der Waals surface area contributed by atoms with Crippen molar-refractivity contribution in [2.75, 3.05) is 0 Å². The van der Waals surface area contributed by atoms with E-state index in [4.69, 9.17) is 9.97 Å². The van der Waals surface area contributed by atoms with E-state index in [1.54, 1.807) is 0 Å². The first kappa shape index (κ1) is 42.8. The number of nitrogens with zero attached hydrogens (tertiary/aromatic N) is 6. The third-order valence-corrected chi connectivity index (χ3v) is 14.4. The van der Waals surface area contributed by atoms with Crippen LogP contribution in [0.25, 0.3) is 133 Å². The Morgan fingerprint density at radius 3 is 1.16 bits per heavy atom. The van der Waals surface area contributed by atoms with E-state index in [9.17, 15) is 0 Å². The van der Waals surface area contributed by atoms with Gasteiger partial charge in [-0.1, -0.05) is 109 Å². The molecule has 6 aromatic heterocycles. The molecule has 0 bridgehead atoms. The second-order valence-corrected chi connectivity index (χ2v) is 18.8. The molecule has 0 unspecified atom stereocenters. The molecule has 6 heteroatoms. The van der Waals surface area contributed by atoms with Crippen LogP contribution in [0.15, 0.2) is 268 Å². The normalized spacial score (nSPS) is 11.5. The molecule has 8 aromatic carbocycles. The summed E-state index contributed by atoms with van der Waals surface area (Å²) in [5.74, 6) is 0. The molecule has 346 valence electrons. The highest BCUT2D eigenvalue weighted by Gasteiger charge is 2.25. The van der Waals surface area contributed by atoms with E-state index in [2.05, 4.69) is 213 Å². The summed E-state index contributed by atoms with van der Waals surface area (Å²) < 4.78 is 4.94. The van der Waals surface area contributed by atoms with Gasteiger partial charge in [-0.15, -0.1) is 0 Å². The van der Waals surface area contributed by atoms with Crippen LogP contribution in [0, 0.1) is 0 Å². The Kier molecular flexibility index (Phi) is 10.4. The second kappa shape index (κ2) is 18.0. The van der Waals surface area contributed by atoms with Gasteiger partial charge in [0.15, 0.2) is 0 Å². The monoisotopic (exact) mass is 944 g/mol. The van der Waals surface area contributed by atoms with Crippen molar-refractivity contribution in [2.45, 2.75) is 0 Å². The Balaban J connectivity index is 1.05. The highest BCUT2D eigenvalue weighted by atomic mass is 15.0. The van der Waals surface area contributed by atoms with Gasteiger partial charge in [0.05, 0.1) is 22.1 Å². The molecule has 0 saturated carbocycles. The minimum atomic E-state index is 1.04. The van der Waals surface area contributed by atoms with E-state index in [0.29, 0.717) is 0 Å². The largest absolute Gasteiger partial charge is 0.307 e. The van der Waals surface area contributed by atoms with Gasteiger partial charge in [-0.05, 0) is 165 Å². The lowest BCUT2D eigenvalue weighted by Crippen LogP contribution is -1.99. The lowest BCUT2D eigenvalue weighted by atomic mass is 9.89. The molecular formula is C68H44N6. The van der Waals surface area contributed by atoms with Crippen molar-refractivity contribution in [1.82, 2.24) is 29.1 Å². The summed E-state index contributed by atoms with van der Waals surface area (Å²) >= 11 is 0. The predicted molar refractivity (Wildman–Crippen MR) is 304 cm³/mol. The van der Waals surface area contributed by atoms with Crippen LogP contribution in [-0.4, -0.2) is 29.1 Å². The third-order valence-electron chi connectivity index (χ3n) is 14.4. The topological polar surface area (TPSA) is 61.4 Å². The number of pyridine rings is 4. The highest BCUT2D eigenvalue weighted by Crippen LogP contribution is 2.48. The van der Waals surface area contributed by atoms with Crippen LogP contribution < -0.4 is 0 Å². The fourth-order valence-electron chi connectivity index (χ4n) is 11.0. The first-order valence-electron chi connectivity index (χ1n) is 24.9. The van der Waals surface area contributed by atoms with Crippen molar-refractivity contribution in [1.29, 1.82) is 0 Å². The maximum Gasteiger partial charge on any atom is 0.0795 e. The summed E-state index contributed by atoms with van der Waals surface area (Å²) in [5.41, 5.74) is 22.1. The average molecular weight is 945 g/mol. The summed E-state index contributed by atoms with van der Waals surface area (Å²) in [6.45, 7) is 0. The summed E-state index contributed by atoms with van der Waals surface area (Å²) in [5, 5.41) is 4.76. The summed E-state index contributed by atoms with van der Waals surface area (Å²) in [7, 11) is 0. The van der Waals surface area contributed by atoms with Crippen molar-refractivity contribution >= 4 is 43.6 Å². The van der Waals surface area contributed by atoms with Gasteiger partial charge in [0, 0.05) is 105 Å². The van der Waals surface area contributed by atoms with E-state index in [0.717, 1.165) is 111 Å². The SMILES string of the molecule is c1ccc(-n2c3ccccc3c3cc(-c4cc(-c5cccc(-c6cncc(-c7ccncc7)c6)c5)cc(-c5cccc(-c6cncc(-c7ccncc7)c6)c5)c4)c4c5ccccc5n(-c5ccccc5)c4c32)cc1. The Labute approximate surface area is 427 Å². The van der Waals surface area contributed by atoms with Crippen LogP contribution in [0.4, 0.5) is 0 Å². The van der Waals surface area contributed by atoms with Crippen LogP contribution in [0.2, 0.25) is 0 Å². The zero-order valence-corrected chi connectivity index (χ0v) is 40.1. The summed E-state index contributed by atoms with van der Waals surface area (Å²) in [4.78, 5) is 17.9. The molecule has 6 nitrogen and oxygen atoms in total. The van der Waals surface area contributed by atoms with Crippen LogP contribution in [0.3, 0.4) is 0 Å². The van der Waals surface area contributed by atoms with Gasteiger partial charge >= 0.3 is 0 Å². The minimum absolute atomic E-state index is 1.04. The van der Waals surface area contributed by atoms with Crippen molar-refractivity contribution < 1.29 is 0 Å². The van der Waals surface area contributed by atoms with Crippen LogP contribution >= 0.6 is 0 Å². The van der Waals surface area contributed by atoms with Crippen LogP contribution in [0.5, 0.6) is 0 Å². The van der Waals surface area contributed by atoms with Gasteiger partial charge in [-0.25, -0.2) is 0 Å². The number of fused-ring (bicyclic) bond motifs is 7. The van der Waals surface area contributed by atoms with E-state index < -0.39 is 0 Å². The minimum Gasteiger partial charge on any atom is -0.307 e. The number of hydrogen-bond donors (Lipinski definition) is 0. The lowest BCUT2D eigenvalue weighted by molar-refractivity contribution is 1.15. The molecule has 0 aliphatic heterocycles. The van der Waals surface area contributed by atoms with E-state index in [-0.39, 0.29) is 0 Å². The average Bonchev–Trinajstić information content (AvgIpc) is 4.04. The number of para-hydroxylation sites is 4. The van der Waals surface area contributed by atoms with Gasteiger partial charge in [0.2, 0.25) is 0 Å². The first-order valence-corrected chi connectivity index (χ1v) is 24.9. The smallest absolute Gasteiger partial charge is 0.0795 e.